The molecule has 1 aromatic heterocycles. The maximum Gasteiger partial charge on any atom is 0.247 e. The number of carbonyl (C=O) groups is 2. The van der Waals surface area contributed by atoms with Crippen molar-refractivity contribution in [2.45, 2.75) is 71.4 Å². The predicted octanol–water partition coefficient (Wildman–Crippen LogP) is 7.32. The van der Waals surface area contributed by atoms with Crippen molar-refractivity contribution in [2.75, 3.05) is 30.4 Å². The molecule has 3 aromatic rings. The van der Waals surface area contributed by atoms with Crippen molar-refractivity contribution in [3.63, 3.8) is 0 Å². The number of aromatic nitrogens is 1. The molecule has 0 aliphatic carbocycles. The molecule has 0 saturated heterocycles. The van der Waals surface area contributed by atoms with E-state index in [4.69, 9.17) is 21.1 Å². The Bertz CT molecular complexity index is 1700. The average Bonchev–Trinajstić information content (AvgIpc) is 3.03. The number of fused-ring (bicyclic) bond motifs is 4. The van der Waals surface area contributed by atoms with Crippen LogP contribution < -0.4 is 10.6 Å². The smallest absolute Gasteiger partial charge is 0.247 e. The number of hydrogen-bond acceptors (Lipinski definition) is 7. The number of amides is 2. The molecule has 9 nitrogen and oxygen atoms in total. The lowest BCUT2D eigenvalue weighted by Crippen LogP contribution is -2.38. The number of halogens is 3. The molecule has 3 N–H and O–H groups in total. The van der Waals surface area contributed by atoms with Crippen molar-refractivity contribution in [2.24, 2.45) is 5.92 Å². The summed E-state index contributed by atoms with van der Waals surface area (Å²) >= 11 is 5.92. The molecule has 2 aliphatic heterocycles. The van der Waals surface area contributed by atoms with Crippen molar-refractivity contribution < 1.29 is 33.0 Å². The van der Waals surface area contributed by atoms with Crippen LogP contribution in [0.3, 0.4) is 0 Å². The highest BCUT2D eigenvalue weighted by molar-refractivity contribution is 6.31. The number of pyridine rings is 1. The van der Waals surface area contributed by atoms with Crippen LogP contribution in [0.25, 0.3) is 16.7 Å². The summed E-state index contributed by atoms with van der Waals surface area (Å²) in [5, 5.41) is 16.2. The maximum atomic E-state index is 14.8. The van der Waals surface area contributed by atoms with Crippen LogP contribution in [-0.2, 0) is 19.1 Å². The highest BCUT2D eigenvalue weighted by Gasteiger charge is 2.31. The maximum absolute atomic E-state index is 14.8. The number of rotatable bonds is 8. The number of nitrogens with one attached hydrogen (secondary N) is 2. The van der Waals surface area contributed by atoms with Gasteiger partial charge in [-0.15, -0.1) is 0 Å². The molecule has 2 bridgehead atoms. The fourth-order valence-electron chi connectivity index (χ4n) is 5.93. The standard InChI is InChI=1S/C36H41ClF2N4O5/c1-21-6-5-7-30(43-15-13-23(19-31(43)44)32-27(38)11-10-26(37)33(32)39)29-18-22(12-14-40-29)25-9-8-24(20-28(25)42-34(21)45)41-35(46)47-16-17-48-36(2,3)4/h8-12,14,18-21,30,35,41,46H,5-7,13,15-17H2,1-4H3,(H,42,45). The van der Waals surface area contributed by atoms with Crippen LogP contribution in [0.4, 0.5) is 20.2 Å². The van der Waals surface area contributed by atoms with Gasteiger partial charge in [0.2, 0.25) is 18.2 Å². The molecule has 0 fully saturated rings. The van der Waals surface area contributed by atoms with Gasteiger partial charge in [-0.2, -0.15) is 0 Å². The van der Waals surface area contributed by atoms with Crippen molar-refractivity contribution in [1.29, 1.82) is 0 Å². The zero-order chi connectivity index (χ0) is 34.6. The van der Waals surface area contributed by atoms with Crippen LogP contribution >= 0.6 is 11.6 Å². The number of benzene rings is 2. The minimum Gasteiger partial charge on any atom is -0.373 e. The molecule has 0 radical (unpaired) electrons. The summed E-state index contributed by atoms with van der Waals surface area (Å²) in [6.07, 6.45) is 3.58. The molecule has 0 spiro atoms. The fraction of sp³-hybridized carbons (Fsp3) is 0.417. The Hall–Kier alpha value is -3.90. The lowest BCUT2D eigenvalue weighted by Gasteiger charge is -2.34. The lowest BCUT2D eigenvalue weighted by molar-refractivity contribution is -0.129. The van der Waals surface area contributed by atoms with Gasteiger partial charge in [0, 0.05) is 36.0 Å². The molecule has 2 amide bonds. The third-order valence-corrected chi connectivity index (χ3v) is 8.69. The topological polar surface area (TPSA) is 113 Å². The second kappa shape index (κ2) is 15.1. The highest BCUT2D eigenvalue weighted by Crippen LogP contribution is 2.38. The monoisotopic (exact) mass is 682 g/mol. The van der Waals surface area contributed by atoms with Gasteiger partial charge in [0.15, 0.2) is 5.82 Å². The number of anilines is 2. The van der Waals surface area contributed by atoms with E-state index in [9.17, 15) is 23.5 Å². The molecule has 2 aliphatic rings. The Morgan fingerprint density at radius 3 is 2.67 bits per heavy atom. The van der Waals surface area contributed by atoms with E-state index in [2.05, 4.69) is 15.6 Å². The molecule has 3 heterocycles. The molecular formula is C36H41ClF2N4O5. The summed E-state index contributed by atoms with van der Waals surface area (Å²) in [5.74, 6) is -2.55. The van der Waals surface area contributed by atoms with E-state index in [0.717, 1.165) is 23.3 Å². The minimum atomic E-state index is -1.30. The molecule has 5 rings (SSSR count). The van der Waals surface area contributed by atoms with Crippen LogP contribution in [0.1, 0.15) is 70.7 Å². The number of carbonyl (C=O) groups excluding carboxylic acids is 2. The average molecular weight is 683 g/mol. The molecule has 48 heavy (non-hydrogen) atoms. The molecule has 2 aromatic carbocycles. The second-order valence-electron chi connectivity index (χ2n) is 13.1. The fourth-order valence-corrected chi connectivity index (χ4v) is 6.09. The Morgan fingerprint density at radius 1 is 1.12 bits per heavy atom. The number of ether oxygens (including phenoxy) is 2. The lowest BCUT2D eigenvalue weighted by atomic mass is 9.92. The van der Waals surface area contributed by atoms with Gasteiger partial charge in [-0.05, 0) is 87.6 Å². The van der Waals surface area contributed by atoms with E-state index < -0.39 is 24.1 Å². The van der Waals surface area contributed by atoms with Crippen LogP contribution in [0, 0.1) is 17.6 Å². The van der Waals surface area contributed by atoms with E-state index in [0.29, 0.717) is 42.9 Å². The van der Waals surface area contributed by atoms with E-state index in [1.807, 2.05) is 45.9 Å². The summed E-state index contributed by atoms with van der Waals surface area (Å²) in [4.78, 5) is 33.2. The second-order valence-corrected chi connectivity index (χ2v) is 13.5. The summed E-state index contributed by atoms with van der Waals surface area (Å²) < 4.78 is 40.5. The zero-order valence-electron chi connectivity index (χ0n) is 27.5. The first-order chi connectivity index (χ1) is 22.8. The number of aliphatic hydroxyl groups excluding tert-OH is 1. The number of hydrogen-bond donors (Lipinski definition) is 3. The highest BCUT2D eigenvalue weighted by atomic mass is 35.5. The third-order valence-electron chi connectivity index (χ3n) is 8.40. The van der Waals surface area contributed by atoms with Gasteiger partial charge in [-0.25, -0.2) is 8.78 Å². The van der Waals surface area contributed by atoms with Crippen LogP contribution in [0.15, 0.2) is 54.7 Å². The molecule has 12 heteroatoms. The summed E-state index contributed by atoms with van der Waals surface area (Å²) in [5.41, 5.74) is 2.84. The zero-order valence-corrected chi connectivity index (χ0v) is 28.2. The quantitative estimate of drug-likeness (QED) is 0.130. The van der Waals surface area contributed by atoms with Gasteiger partial charge in [-0.1, -0.05) is 31.0 Å². The minimum absolute atomic E-state index is 0.164. The summed E-state index contributed by atoms with van der Waals surface area (Å²) in [6.45, 7) is 8.36. The molecule has 0 saturated carbocycles. The molecule has 3 atom stereocenters. The van der Waals surface area contributed by atoms with Crippen molar-refractivity contribution in [3.05, 3.63) is 82.7 Å². The van der Waals surface area contributed by atoms with Crippen LogP contribution in [-0.4, -0.2) is 58.6 Å². The summed E-state index contributed by atoms with van der Waals surface area (Å²) in [7, 11) is 0. The summed E-state index contributed by atoms with van der Waals surface area (Å²) in [6, 6.07) is 10.9. The first-order valence-electron chi connectivity index (χ1n) is 16.1. The Labute approximate surface area is 284 Å². The van der Waals surface area contributed by atoms with Gasteiger partial charge < -0.3 is 30.1 Å². The van der Waals surface area contributed by atoms with Crippen molar-refractivity contribution >= 4 is 40.4 Å². The number of aliphatic hydroxyl groups is 1. The molecule has 256 valence electrons. The van der Waals surface area contributed by atoms with E-state index >= 15 is 0 Å². The molecule has 3 unspecified atom stereocenters. The molecular weight excluding hydrogens is 642 g/mol. The van der Waals surface area contributed by atoms with E-state index in [-0.39, 0.29) is 59.1 Å². The Morgan fingerprint density at radius 2 is 1.92 bits per heavy atom. The van der Waals surface area contributed by atoms with Gasteiger partial charge in [0.1, 0.15) is 5.82 Å². The third kappa shape index (κ3) is 8.57. The van der Waals surface area contributed by atoms with Gasteiger partial charge in [-0.3, -0.25) is 14.6 Å². The first kappa shape index (κ1) is 35.4. The largest absolute Gasteiger partial charge is 0.373 e. The van der Waals surface area contributed by atoms with E-state index in [1.54, 1.807) is 23.2 Å². The van der Waals surface area contributed by atoms with Crippen molar-refractivity contribution in [1.82, 2.24) is 9.88 Å². The van der Waals surface area contributed by atoms with Gasteiger partial charge in [0.25, 0.3) is 0 Å². The van der Waals surface area contributed by atoms with Crippen LogP contribution in [0.5, 0.6) is 0 Å². The number of nitrogens with zero attached hydrogens (tertiary/aromatic N) is 2. The first-order valence-corrected chi connectivity index (χ1v) is 16.4. The normalized spacial score (nSPS) is 19.4. The van der Waals surface area contributed by atoms with Crippen molar-refractivity contribution in [3.8, 4) is 11.1 Å². The Balaban J connectivity index is 1.41. The van der Waals surface area contributed by atoms with Crippen LogP contribution in [0.2, 0.25) is 5.02 Å². The predicted molar refractivity (Wildman–Crippen MR) is 181 cm³/mol. The van der Waals surface area contributed by atoms with Gasteiger partial charge >= 0.3 is 0 Å². The Kier molecular flexibility index (Phi) is 11.1. The van der Waals surface area contributed by atoms with Gasteiger partial charge in [0.05, 0.1) is 46.8 Å². The van der Waals surface area contributed by atoms with E-state index in [1.165, 1.54) is 6.08 Å². The SMILES string of the molecule is CC1CCCC(N2CCC(c3c(F)ccc(Cl)c3F)=CC2=O)c2cc(ccn2)-c2ccc(NC(O)OCCOC(C)(C)C)cc2NC1=O.